The number of esters is 1. The molecule has 142 valence electrons. The van der Waals surface area contributed by atoms with Crippen LogP contribution in [0.5, 0.6) is 0 Å². The predicted octanol–water partition coefficient (Wildman–Crippen LogP) is 5.15. The molecule has 0 spiro atoms. The minimum absolute atomic E-state index is 0.00682. The molecule has 0 aliphatic heterocycles. The van der Waals surface area contributed by atoms with Crippen molar-refractivity contribution < 1.29 is 19.7 Å². The molecule has 0 bridgehead atoms. The fourth-order valence-corrected chi connectivity index (χ4v) is 5.32. The molecule has 5 atom stereocenters. The van der Waals surface area contributed by atoms with Crippen LogP contribution >= 0.6 is 0 Å². The molecule has 2 rings (SSSR count). The van der Waals surface area contributed by atoms with Gasteiger partial charge in [0.15, 0.2) is 0 Å². The van der Waals surface area contributed by atoms with Crippen molar-refractivity contribution in [1.29, 1.82) is 0 Å². The van der Waals surface area contributed by atoms with Crippen LogP contribution in [-0.2, 0) is 14.4 Å². The molecule has 4 nitrogen and oxygen atoms in total. The first-order valence-corrected chi connectivity index (χ1v) is 9.43. The standard InChI is InChI=1S/C21H34O4/c1-14(13-19(22)24-6)9-11-20(4)15(2)10-12-21(5)16(3)17(25-23)7-8-18(20)21/h13,15,17-18,23H,3,7-12H2,1-2,4-6H3/b14-13+/t15-,17+,18-,20+,21+/m1/s1. The van der Waals surface area contributed by atoms with Gasteiger partial charge in [-0.2, -0.15) is 0 Å². The van der Waals surface area contributed by atoms with E-state index in [0.717, 1.165) is 49.7 Å². The molecule has 0 heterocycles. The van der Waals surface area contributed by atoms with E-state index in [2.05, 4.69) is 27.4 Å². The Bertz CT molecular complexity index is 552. The zero-order valence-electron chi connectivity index (χ0n) is 16.4. The molecule has 0 aromatic heterocycles. The summed E-state index contributed by atoms with van der Waals surface area (Å²) >= 11 is 0. The molecule has 2 saturated carbocycles. The normalized spacial score (nSPS) is 39.0. The summed E-state index contributed by atoms with van der Waals surface area (Å²) < 4.78 is 4.73. The van der Waals surface area contributed by atoms with Crippen molar-refractivity contribution in [3.05, 3.63) is 23.8 Å². The van der Waals surface area contributed by atoms with Gasteiger partial charge >= 0.3 is 5.97 Å². The van der Waals surface area contributed by atoms with Gasteiger partial charge in [-0.1, -0.05) is 32.9 Å². The van der Waals surface area contributed by atoms with Crippen molar-refractivity contribution in [3.8, 4) is 0 Å². The van der Waals surface area contributed by atoms with E-state index in [9.17, 15) is 10.1 Å². The lowest BCUT2D eigenvalue weighted by Gasteiger charge is -2.59. The van der Waals surface area contributed by atoms with Crippen molar-refractivity contribution >= 4 is 5.97 Å². The number of carbonyl (C=O) groups excluding carboxylic acids is 1. The second kappa shape index (κ2) is 7.63. The molecule has 0 aromatic rings. The topological polar surface area (TPSA) is 55.8 Å². The van der Waals surface area contributed by atoms with Crippen LogP contribution in [0.4, 0.5) is 0 Å². The Morgan fingerprint density at radius 1 is 1.36 bits per heavy atom. The summed E-state index contributed by atoms with van der Waals surface area (Å²) in [6, 6.07) is 0. The number of ether oxygens (including phenoxy) is 1. The van der Waals surface area contributed by atoms with Crippen molar-refractivity contribution in [2.45, 2.75) is 72.3 Å². The van der Waals surface area contributed by atoms with Crippen LogP contribution in [0.3, 0.4) is 0 Å². The number of allylic oxidation sites excluding steroid dienone is 1. The molecule has 1 N–H and O–H groups in total. The second-order valence-electron chi connectivity index (χ2n) is 8.63. The highest BCUT2D eigenvalue weighted by Gasteiger charge is 2.55. The van der Waals surface area contributed by atoms with Crippen LogP contribution in [0.2, 0.25) is 0 Å². The van der Waals surface area contributed by atoms with Crippen LogP contribution in [0.15, 0.2) is 23.8 Å². The van der Waals surface area contributed by atoms with E-state index in [1.165, 1.54) is 7.11 Å². The first kappa shape index (κ1) is 20.2. The molecule has 2 aliphatic rings. The minimum Gasteiger partial charge on any atom is -0.466 e. The third-order valence-electron chi connectivity index (χ3n) is 7.38. The summed E-state index contributed by atoms with van der Waals surface area (Å²) in [5.41, 5.74) is 2.30. The molecule has 0 unspecified atom stereocenters. The average Bonchev–Trinajstić information content (AvgIpc) is 2.59. The summed E-state index contributed by atoms with van der Waals surface area (Å²) in [4.78, 5) is 16.2. The molecule has 0 amide bonds. The maximum Gasteiger partial charge on any atom is 0.330 e. The Morgan fingerprint density at radius 2 is 2.04 bits per heavy atom. The lowest BCUT2D eigenvalue weighted by Crippen LogP contribution is -2.53. The SMILES string of the molecule is C=C1[C@@H](OO)CC[C@@H]2[C@@](C)(CC/C(C)=C/C(=O)OC)[C@H](C)CC[C@@]12C. The Kier molecular flexibility index (Phi) is 6.16. The van der Waals surface area contributed by atoms with Gasteiger partial charge in [0.05, 0.1) is 7.11 Å². The molecule has 2 fully saturated rings. The van der Waals surface area contributed by atoms with E-state index >= 15 is 0 Å². The van der Waals surface area contributed by atoms with Gasteiger partial charge in [-0.3, -0.25) is 5.26 Å². The quantitative estimate of drug-likeness (QED) is 0.245. The van der Waals surface area contributed by atoms with Gasteiger partial charge in [-0.05, 0) is 73.7 Å². The Labute approximate surface area is 152 Å². The van der Waals surface area contributed by atoms with Gasteiger partial charge in [0.1, 0.15) is 6.10 Å². The number of hydrogen-bond acceptors (Lipinski definition) is 4. The number of carbonyl (C=O) groups is 1. The van der Waals surface area contributed by atoms with Gasteiger partial charge < -0.3 is 4.74 Å². The number of fused-ring (bicyclic) bond motifs is 1. The molecule has 0 radical (unpaired) electrons. The fourth-order valence-electron chi connectivity index (χ4n) is 5.32. The van der Waals surface area contributed by atoms with E-state index in [0.29, 0.717) is 11.8 Å². The summed E-state index contributed by atoms with van der Waals surface area (Å²) in [7, 11) is 1.41. The predicted molar refractivity (Wildman–Crippen MR) is 99.0 cm³/mol. The molecule has 25 heavy (non-hydrogen) atoms. The van der Waals surface area contributed by atoms with Gasteiger partial charge in [-0.15, -0.1) is 0 Å². The van der Waals surface area contributed by atoms with E-state index in [1.54, 1.807) is 6.08 Å². The molecule has 4 heteroatoms. The average molecular weight is 350 g/mol. The highest BCUT2D eigenvalue weighted by molar-refractivity contribution is 5.82. The Morgan fingerprint density at radius 3 is 2.64 bits per heavy atom. The maximum absolute atomic E-state index is 11.5. The van der Waals surface area contributed by atoms with Crippen molar-refractivity contribution in [2.24, 2.45) is 22.7 Å². The molecule has 2 aliphatic carbocycles. The minimum atomic E-state index is -0.279. The number of hydrogen-bond donors (Lipinski definition) is 1. The molecule has 0 aromatic carbocycles. The van der Waals surface area contributed by atoms with E-state index in [4.69, 9.17) is 9.62 Å². The van der Waals surface area contributed by atoms with Crippen LogP contribution in [-0.4, -0.2) is 24.4 Å². The summed E-state index contributed by atoms with van der Waals surface area (Å²) in [5, 5.41) is 9.22. The lowest BCUT2D eigenvalue weighted by atomic mass is 9.46. The largest absolute Gasteiger partial charge is 0.466 e. The van der Waals surface area contributed by atoms with Crippen LogP contribution < -0.4 is 0 Å². The van der Waals surface area contributed by atoms with Crippen LogP contribution in [0.1, 0.15) is 66.2 Å². The monoisotopic (exact) mass is 350 g/mol. The van der Waals surface area contributed by atoms with Gasteiger partial charge in [-0.25, -0.2) is 9.68 Å². The summed E-state index contributed by atoms with van der Waals surface area (Å²) in [6.07, 6.45) is 7.44. The van der Waals surface area contributed by atoms with Crippen molar-refractivity contribution in [2.75, 3.05) is 7.11 Å². The second-order valence-corrected chi connectivity index (χ2v) is 8.63. The third-order valence-corrected chi connectivity index (χ3v) is 7.38. The zero-order chi connectivity index (χ0) is 18.8. The first-order valence-electron chi connectivity index (χ1n) is 9.43. The van der Waals surface area contributed by atoms with E-state index in [-0.39, 0.29) is 22.9 Å². The van der Waals surface area contributed by atoms with Gasteiger partial charge in [0.25, 0.3) is 0 Å². The highest BCUT2D eigenvalue weighted by Crippen LogP contribution is 2.63. The number of rotatable bonds is 5. The Balaban J connectivity index is 2.21. The molecular formula is C21H34O4. The number of methoxy groups -OCH3 is 1. The Hall–Kier alpha value is -1.13. The summed E-state index contributed by atoms with van der Waals surface area (Å²) in [5.74, 6) is 0.864. The first-order chi connectivity index (χ1) is 11.7. The van der Waals surface area contributed by atoms with Gasteiger partial charge in [0.2, 0.25) is 0 Å². The molecule has 0 saturated heterocycles. The smallest absolute Gasteiger partial charge is 0.330 e. The van der Waals surface area contributed by atoms with E-state index < -0.39 is 0 Å². The van der Waals surface area contributed by atoms with Crippen molar-refractivity contribution in [1.82, 2.24) is 0 Å². The van der Waals surface area contributed by atoms with Gasteiger partial charge in [0, 0.05) is 6.08 Å². The third kappa shape index (κ3) is 3.70. The maximum atomic E-state index is 11.5. The summed E-state index contributed by atoms with van der Waals surface area (Å²) in [6.45, 7) is 13.4. The van der Waals surface area contributed by atoms with Crippen LogP contribution in [0.25, 0.3) is 0 Å². The lowest BCUT2D eigenvalue weighted by molar-refractivity contribution is -0.280. The zero-order valence-corrected chi connectivity index (χ0v) is 16.4. The fraction of sp³-hybridized carbons (Fsp3) is 0.762. The van der Waals surface area contributed by atoms with Crippen molar-refractivity contribution in [3.63, 3.8) is 0 Å². The molecular weight excluding hydrogens is 316 g/mol. The van der Waals surface area contributed by atoms with Crippen LogP contribution in [0, 0.1) is 22.7 Å². The van der Waals surface area contributed by atoms with E-state index in [1.807, 2.05) is 6.92 Å². The highest BCUT2D eigenvalue weighted by atomic mass is 17.1.